The van der Waals surface area contributed by atoms with E-state index in [4.69, 9.17) is 0 Å². The van der Waals surface area contributed by atoms with Crippen molar-refractivity contribution in [3.05, 3.63) is 51.5 Å². The second-order valence-electron chi connectivity index (χ2n) is 5.98. The lowest BCUT2D eigenvalue weighted by Crippen LogP contribution is -2.05. The van der Waals surface area contributed by atoms with Crippen molar-refractivity contribution < 1.29 is 4.39 Å². The van der Waals surface area contributed by atoms with Gasteiger partial charge in [-0.3, -0.25) is 4.57 Å². The second kappa shape index (κ2) is 7.07. The van der Waals surface area contributed by atoms with Crippen LogP contribution >= 0.6 is 23.1 Å². The molecule has 24 heavy (non-hydrogen) atoms. The maximum absolute atomic E-state index is 13.8. The number of hydrogen-bond acceptors (Lipinski definition) is 4. The van der Waals surface area contributed by atoms with E-state index in [-0.39, 0.29) is 11.9 Å². The van der Waals surface area contributed by atoms with Crippen LogP contribution < -0.4 is 0 Å². The SMILES string of the molecule is Cc1scc(-c2nnc(SCc3ccccc3F)n2C(C)C)c1C. The molecule has 0 saturated heterocycles. The highest BCUT2D eigenvalue weighted by atomic mass is 32.2. The van der Waals surface area contributed by atoms with Crippen LogP contribution in [-0.2, 0) is 5.75 Å². The summed E-state index contributed by atoms with van der Waals surface area (Å²) in [4.78, 5) is 1.30. The molecule has 126 valence electrons. The number of thiophene rings is 1. The number of aryl methyl sites for hydroxylation is 1. The Morgan fingerprint density at radius 1 is 1.21 bits per heavy atom. The maximum Gasteiger partial charge on any atom is 0.192 e. The number of hydrogen-bond donors (Lipinski definition) is 0. The fourth-order valence-corrected chi connectivity index (χ4v) is 4.43. The Hall–Kier alpha value is -1.66. The molecule has 0 aliphatic heterocycles. The van der Waals surface area contributed by atoms with E-state index in [1.165, 1.54) is 28.3 Å². The van der Waals surface area contributed by atoms with Crippen LogP contribution in [0.1, 0.15) is 35.9 Å². The Labute approximate surface area is 149 Å². The van der Waals surface area contributed by atoms with Crippen LogP contribution in [0.5, 0.6) is 0 Å². The molecule has 0 saturated carbocycles. The minimum Gasteiger partial charge on any atom is -0.299 e. The molecule has 2 aromatic heterocycles. The molecule has 0 aliphatic carbocycles. The average Bonchev–Trinajstić information content (AvgIpc) is 3.11. The van der Waals surface area contributed by atoms with E-state index < -0.39 is 0 Å². The van der Waals surface area contributed by atoms with Gasteiger partial charge in [-0.2, -0.15) is 0 Å². The topological polar surface area (TPSA) is 30.7 Å². The fraction of sp³-hybridized carbons (Fsp3) is 0.333. The van der Waals surface area contributed by atoms with Gasteiger partial charge in [-0.05, 0) is 44.9 Å². The Morgan fingerprint density at radius 3 is 2.58 bits per heavy atom. The zero-order valence-electron chi connectivity index (χ0n) is 14.2. The van der Waals surface area contributed by atoms with E-state index >= 15 is 0 Å². The summed E-state index contributed by atoms with van der Waals surface area (Å²) >= 11 is 3.25. The number of aromatic nitrogens is 3. The Morgan fingerprint density at radius 2 is 1.96 bits per heavy atom. The van der Waals surface area contributed by atoms with Crippen LogP contribution in [0.3, 0.4) is 0 Å². The molecular formula is C18H20FN3S2. The molecule has 0 N–H and O–H groups in total. The first-order valence-electron chi connectivity index (χ1n) is 7.85. The van der Waals surface area contributed by atoms with E-state index in [0.29, 0.717) is 11.3 Å². The summed E-state index contributed by atoms with van der Waals surface area (Å²) in [6.07, 6.45) is 0. The van der Waals surface area contributed by atoms with Crippen LogP contribution in [0.2, 0.25) is 0 Å². The first-order chi connectivity index (χ1) is 11.5. The van der Waals surface area contributed by atoms with Crippen molar-refractivity contribution in [3.63, 3.8) is 0 Å². The number of halogens is 1. The van der Waals surface area contributed by atoms with E-state index in [1.54, 1.807) is 17.4 Å². The third-order valence-corrected chi connectivity index (χ3v) is 6.03. The van der Waals surface area contributed by atoms with Gasteiger partial charge >= 0.3 is 0 Å². The van der Waals surface area contributed by atoms with Crippen LogP contribution in [-0.4, -0.2) is 14.8 Å². The Balaban J connectivity index is 1.92. The summed E-state index contributed by atoms with van der Waals surface area (Å²) in [7, 11) is 0. The predicted molar refractivity (Wildman–Crippen MR) is 99.2 cm³/mol. The number of thioether (sulfide) groups is 1. The Bertz CT molecular complexity index is 852. The summed E-state index contributed by atoms with van der Waals surface area (Å²) in [5.41, 5.74) is 3.07. The molecule has 0 fully saturated rings. The van der Waals surface area contributed by atoms with Gasteiger partial charge in [0.2, 0.25) is 0 Å². The normalized spacial score (nSPS) is 11.4. The molecule has 0 spiro atoms. The second-order valence-corrected chi connectivity index (χ2v) is 8.01. The minimum atomic E-state index is -0.176. The molecule has 3 rings (SSSR count). The third-order valence-electron chi connectivity index (χ3n) is 4.02. The first kappa shape index (κ1) is 17.2. The van der Waals surface area contributed by atoms with Gasteiger partial charge in [-0.1, -0.05) is 30.0 Å². The van der Waals surface area contributed by atoms with Gasteiger partial charge in [0.15, 0.2) is 11.0 Å². The van der Waals surface area contributed by atoms with Crippen molar-refractivity contribution in [2.24, 2.45) is 0 Å². The molecular weight excluding hydrogens is 341 g/mol. The molecule has 0 atom stereocenters. The van der Waals surface area contributed by atoms with Crippen molar-refractivity contribution in [1.29, 1.82) is 0 Å². The van der Waals surface area contributed by atoms with Crippen LogP contribution in [0, 0.1) is 19.7 Å². The molecule has 0 radical (unpaired) electrons. The fourth-order valence-electron chi connectivity index (χ4n) is 2.52. The highest BCUT2D eigenvalue weighted by Gasteiger charge is 2.19. The molecule has 0 unspecified atom stereocenters. The highest BCUT2D eigenvalue weighted by Crippen LogP contribution is 2.34. The van der Waals surface area contributed by atoms with Crippen LogP contribution in [0.15, 0.2) is 34.8 Å². The number of nitrogens with zero attached hydrogens (tertiary/aromatic N) is 3. The summed E-state index contributed by atoms with van der Waals surface area (Å²) in [6, 6.07) is 7.10. The summed E-state index contributed by atoms with van der Waals surface area (Å²) in [5, 5.41) is 11.8. The standard InChI is InChI=1S/C18H20FN3S2/c1-11(2)22-17(15-10-23-13(4)12(15)3)20-21-18(22)24-9-14-7-5-6-8-16(14)19/h5-8,10-11H,9H2,1-4H3. The lowest BCUT2D eigenvalue weighted by Gasteiger charge is -2.14. The van der Waals surface area contributed by atoms with E-state index in [2.05, 4.69) is 47.8 Å². The van der Waals surface area contributed by atoms with Gasteiger partial charge in [0.1, 0.15) is 5.82 Å². The monoisotopic (exact) mass is 361 g/mol. The van der Waals surface area contributed by atoms with Gasteiger partial charge in [-0.25, -0.2) is 4.39 Å². The third kappa shape index (κ3) is 3.26. The van der Waals surface area contributed by atoms with Gasteiger partial charge < -0.3 is 0 Å². The molecule has 0 aliphatic rings. The van der Waals surface area contributed by atoms with Crippen molar-refractivity contribution in [2.45, 2.75) is 44.6 Å². The molecule has 0 amide bonds. The van der Waals surface area contributed by atoms with Crippen molar-refractivity contribution >= 4 is 23.1 Å². The van der Waals surface area contributed by atoms with Crippen LogP contribution in [0.25, 0.3) is 11.4 Å². The predicted octanol–water partition coefficient (Wildman–Crippen LogP) is 5.64. The van der Waals surface area contributed by atoms with Crippen LogP contribution in [0.4, 0.5) is 4.39 Å². The smallest absolute Gasteiger partial charge is 0.192 e. The van der Waals surface area contributed by atoms with E-state index in [9.17, 15) is 4.39 Å². The molecule has 3 nitrogen and oxygen atoms in total. The average molecular weight is 362 g/mol. The molecule has 1 aromatic carbocycles. The summed E-state index contributed by atoms with van der Waals surface area (Å²) < 4.78 is 16.0. The first-order valence-corrected chi connectivity index (χ1v) is 9.71. The largest absolute Gasteiger partial charge is 0.299 e. The van der Waals surface area contributed by atoms with Crippen molar-refractivity contribution in [2.75, 3.05) is 0 Å². The lowest BCUT2D eigenvalue weighted by molar-refractivity contribution is 0.555. The van der Waals surface area contributed by atoms with Gasteiger partial charge in [0, 0.05) is 27.6 Å². The lowest BCUT2D eigenvalue weighted by atomic mass is 10.1. The van der Waals surface area contributed by atoms with E-state index in [1.807, 2.05) is 12.1 Å². The van der Waals surface area contributed by atoms with Gasteiger partial charge in [0.25, 0.3) is 0 Å². The van der Waals surface area contributed by atoms with E-state index in [0.717, 1.165) is 16.5 Å². The zero-order chi connectivity index (χ0) is 17.3. The zero-order valence-corrected chi connectivity index (χ0v) is 15.8. The van der Waals surface area contributed by atoms with Crippen molar-refractivity contribution in [3.8, 4) is 11.4 Å². The number of rotatable bonds is 5. The molecule has 3 aromatic rings. The van der Waals surface area contributed by atoms with Gasteiger partial charge in [0.05, 0.1) is 0 Å². The minimum absolute atomic E-state index is 0.176. The maximum atomic E-state index is 13.8. The molecule has 2 heterocycles. The van der Waals surface area contributed by atoms with Crippen molar-refractivity contribution in [1.82, 2.24) is 14.8 Å². The molecule has 6 heteroatoms. The summed E-state index contributed by atoms with van der Waals surface area (Å²) in [5.74, 6) is 1.26. The molecule has 0 bridgehead atoms. The Kier molecular flexibility index (Phi) is 5.06. The van der Waals surface area contributed by atoms with Gasteiger partial charge in [-0.15, -0.1) is 21.5 Å². The number of benzene rings is 1. The summed E-state index contributed by atoms with van der Waals surface area (Å²) in [6.45, 7) is 8.48. The highest BCUT2D eigenvalue weighted by molar-refractivity contribution is 7.98. The quantitative estimate of drug-likeness (QED) is 0.551.